The smallest absolute Gasteiger partial charge is 0.315 e. The molecule has 0 saturated heterocycles. The van der Waals surface area contributed by atoms with E-state index in [0.29, 0.717) is 13.0 Å². The van der Waals surface area contributed by atoms with Gasteiger partial charge in [-0.05, 0) is 11.5 Å². The molecular formula is C14H24N4O3. The van der Waals surface area contributed by atoms with Crippen LogP contribution in [0, 0.1) is 5.41 Å². The summed E-state index contributed by atoms with van der Waals surface area (Å²) in [6, 6.07) is 1.11. The zero-order chi connectivity index (χ0) is 16.0. The molecule has 0 aliphatic carbocycles. The number of hydrogen-bond donors (Lipinski definition) is 3. The van der Waals surface area contributed by atoms with E-state index in [2.05, 4.69) is 15.7 Å². The van der Waals surface area contributed by atoms with Crippen molar-refractivity contribution in [3.8, 4) is 0 Å². The summed E-state index contributed by atoms with van der Waals surface area (Å²) in [6.45, 7) is 6.14. The molecule has 0 aromatic carbocycles. The van der Waals surface area contributed by atoms with Crippen molar-refractivity contribution in [3.63, 3.8) is 0 Å². The Bertz CT molecular complexity index is 491. The van der Waals surface area contributed by atoms with E-state index in [-0.39, 0.29) is 17.9 Å². The minimum absolute atomic E-state index is 0.100. The van der Waals surface area contributed by atoms with Crippen molar-refractivity contribution in [2.24, 2.45) is 12.5 Å². The van der Waals surface area contributed by atoms with Gasteiger partial charge in [-0.2, -0.15) is 5.10 Å². The lowest BCUT2D eigenvalue weighted by molar-refractivity contribution is -0.138. The lowest BCUT2D eigenvalue weighted by atomic mass is 9.85. The molecule has 7 nitrogen and oxygen atoms in total. The molecule has 1 atom stereocenters. The molecule has 3 N–H and O–H groups in total. The van der Waals surface area contributed by atoms with Crippen molar-refractivity contribution in [1.29, 1.82) is 0 Å². The molecule has 2 amide bonds. The molecule has 1 aromatic rings. The van der Waals surface area contributed by atoms with Crippen LogP contribution < -0.4 is 10.6 Å². The van der Waals surface area contributed by atoms with Gasteiger partial charge in [-0.15, -0.1) is 0 Å². The van der Waals surface area contributed by atoms with E-state index in [1.807, 2.05) is 40.1 Å². The highest BCUT2D eigenvalue weighted by Gasteiger charge is 2.28. The van der Waals surface area contributed by atoms with E-state index in [4.69, 9.17) is 5.11 Å². The molecule has 21 heavy (non-hydrogen) atoms. The maximum absolute atomic E-state index is 11.8. The molecule has 0 aliphatic heterocycles. The standard InChI is InChI=1S/C14H24N4O3/c1-14(2,3)11(9-12(19)20)16-13(21)15-7-5-10-6-8-18(4)17-10/h6,8,11H,5,7,9H2,1-4H3,(H,19,20)(H2,15,16,21). The van der Waals surface area contributed by atoms with Crippen molar-refractivity contribution >= 4 is 12.0 Å². The number of nitrogens with zero attached hydrogens (tertiary/aromatic N) is 2. The number of rotatable bonds is 6. The van der Waals surface area contributed by atoms with E-state index < -0.39 is 12.0 Å². The number of carboxylic acids is 1. The third kappa shape index (κ3) is 6.29. The van der Waals surface area contributed by atoms with Crippen molar-refractivity contribution < 1.29 is 14.7 Å². The Labute approximate surface area is 124 Å². The summed E-state index contributed by atoms with van der Waals surface area (Å²) in [4.78, 5) is 22.7. The van der Waals surface area contributed by atoms with Gasteiger partial charge >= 0.3 is 12.0 Å². The number of aryl methyl sites for hydroxylation is 1. The number of hydrogen-bond acceptors (Lipinski definition) is 3. The van der Waals surface area contributed by atoms with E-state index >= 15 is 0 Å². The molecule has 0 fully saturated rings. The Morgan fingerprint density at radius 2 is 2.10 bits per heavy atom. The number of carbonyl (C=O) groups excluding carboxylic acids is 1. The SMILES string of the molecule is Cn1ccc(CCNC(=O)NC(CC(=O)O)C(C)(C)C)n1. The monoisotopic (exact) mass is 296 g/mol. The molecule has 7 heteroatoms. The number of aromatic nitrogens is 2. The van der Waals surface area contributed by atoms with Crippen molar-refractivity contribution in [2.45, 2.75) is 39.7 Å². The average Bonchev–Trinajstić information content (AvgIpc) is 2.72. The predicted molar refractivity (Wildman–Crippen MR) is 78.9 cm³/mol. The number of nitrogens with one attached hydrogen (secondary N) is 2. The molecule has 118 valence electrons. The van der Waals surface area contributed by atoms with Crippen molar-refractivity contribution in [3.05, 3.63) is 18.0 Å². The molecule has 1 rings (SSSR count). The van der Waals surface area contributed by atoms with E-state index in [1.165, 1.54) is 0 Å². The molecule has 0 radical (unpaired) electrons. The van der Waals surface area contributed by atoms with Crippen LogP contribution in [0.2, 0.25) is 0 Å². The summed E-state index contributed by atoms with van der Waals surface area (Å²) in [5.74, 6) is -0.927. The first kappa shape index (κ1) is 17.0. The minimum atomic E-state index is -0.927. The van der Waals surface area contributed by atoms with Crippen LogP contribution in [0.5, 0.6) is 0 Å². The van der Waals surface area contributed by atoms with E-state index in [0.717, 1.165) is 5.69 Å². The topological polar surface area (TPSA) is 96.2 Å². The second-order valence-electron chi connectivity index (χ2n) is 6.15. The maximum atomic E-state index is 11.8. The fraction of sp³-hybridized carbons (Fsp3) is 0.643. The Hall–Kier alpha value is -2.05. The molecule has 1 aromatic heterocycles. The van der Waals surface area contributed by atoms with Crippen LogP contribution in [0.4, 0.5) is 4.79 Å². The summed E-state index contributed by atoms with van der Waals surface area (Å²) in [5, 5.41) is 18.6. The van der Waals surface area contributed by atoms with Gasteiger partial charge in [-0.1, -0.05) is 20.8 Å². The van der Waals surface area contributed by atoms with Gasteiger partial charge in [-0.25, -0.2) is 4.79 Å². The first-order valence-electron chi connectivity index (χ1n) is 6.93. The fourth-order valence-corrected chi connectivity index (χ4v) is 1.86. The predicted octanol–water partition coefficient (Wildman–Crippen LogP) is 1.15. The van der Waals surface area contributed by atoms with Gasteiger partial charge < -0.3 is 15.7 Å². The minimum Gasteiger partial charge on any atom is -0.481 e. The summed E-state index contributed by atoms with van der Waals surface area (Å²) in [5.41, 5.74) is 0.576. The van der Waals surface area contributed by atoms with Crippen LogP contribution in [0.25, 0.3) is 0 Å². The van der Waals surface area contributed by atoms with Crippen molar-refractivity contribution in [2.75, 3.05) is 6.54 Å². The van der Waals surface area contributed by atoms with Crippen LogP contribution in [0.15, 0.2) is 12.3 Å². The van der Waals surface area contributed by atoms with Gasteiger partial charge in [0.15, 0.2) is 0 Å². The number of carbonyl (C=O) groups is 2. The zero-order valence-electron chi connectivity index (χ0n) is 13.0. The van der Waals surface area contributed by atoms with Crippen LogP contribution in [-0.4, -0.2) is 39.5 Å². The normalized spacial score (nSPS) is 12.8. The molecule has 0 aliphatic rings. The Balaban J connectivity index is 2.41. The number of amides is 2. The summed E-state index contributed by atoms with van der Waals surface area (Å²) in [7, 11) is 1.84. The molecular weight excluding hydrogens is 272 g/mol. The van der Waals surface area contributed by atoms with Crippen LogP contribution in [-0.2, 0) is 18.3 Å². The number of aliphatic carboxylic acids is 1. The Morgan fingerprint density at radius 3 is 2.57 bits per heavy atom. The third-order valence-corrected chi connectivity index (χ3v) is 3.16. The largest absolute Gasteiger partial charge is 0.481 e. The van der Waals surface area contributed by atoms with Gasteiger partial charge in [0.1, 0.15) is 0 Å². The Morgan fingerprint density at radius 1 is 1.43 bits per heavy atom. The lowest BCUT2D eigenvalue weighted by Crippen LogP contribution is -2.49. The quantitative estimate of drug-likeness (QED) is 0.733. The number of urea groups is 1. The van der Waals surface area contributed by atoms with Gasteiger partial charge in [0.25, 0.3) is 0 Å². The Kier molecular flexibility index (Phi) is 5.75. The van der Waals surface area contributed by atoms with Crippen LogP contribution >= 0.6 is 0 Å². The first-order valence-corrected chi connectivity index (χ1v) is 6.93. The number of carboxylic acid groups (broad SMARTS) is 1. The molecule has 1 heterocycles. The molecule has 0 bridgehead atoms. The highest BCUT2D eigenvalue weighted by Crippen LogP contribution is 2.21. The maximum Gasteiger partial charge on any atom is 0.315 e. The summed E-state index contributed by atoms with van der Waals surface area (Å²) < 4.78 is 1.71. The van der Waals surface area contributed by atoms with Crippen molar-refractivity contribution in [1.82, 2.24) is 20.4 Å². The second kappa shape index (κ2) is 7.10. The second-order valence-corrected chi connectivity index (χ2v) is 6.15. The fourth-order valence-electron chi connectivity index (χ4n) is 1.86. The lowest BCUT2D eigenvalue weighted by Gasteiger charge is -2.30. The highest BCUT2D eigenvalue weighted by molar-refractivity contribution is 5.75. The van der Waals surface area contributed by atoms with Gasteiger partial charge in [0.2, 0.25) is 0 Å². The van der Waals surface area contributed by atoms with Crippen LogP contribution in [0.1, 0.15) is 32.9 Å². The summed E-state index contributed by atoms with van der Waals surface area (Å²) in [6.07, 6.45) is 2.38. The zero-order valence-corrected chi connectivity index (χ0v) is 13.0. The average molecular weight is 296 g/mol. The van der Waals surface area contributed by atoms with Gasteiger partial charge in [-0.3, -0.25) is 9.48 Å². The van der Waals surface area contributed by atoms with Gasteiger partial charge in [0.05, 0.1) is 12.1 Å². The molecule has 0 saturated carbocycles. The van der Waals surface area contributed by atoms with Crippen LogP contribution in [0.3, 0.4) is 0 Å². The first-order chi connectivity index (χ1) is 9.68. The van der Waals surface area contributed by atoms with E-state index in [9.17, 15) is 9.59 Å². The highest BCUT2D eigenvalue weighted by atomic mass is 16.4. The molecule has 0 spiro atoms. The third-order valence-electron chi connectivity index (χ3n) is 3.16. The summed E-state index contributed by atoms with van der Waals surface area (Å²) >= 11 is 0. The van der Waals surface area contributed by atoms with E-state index in [1.54, 1.807) is 4.68 Å². The molecule has 1 unspecified atom stereocenters. The van der Waals surface area contributed by atoms with Gasteiger partial charge in [0, 0.05) is 32.3 Å².